The van der Waals surface area contributed by atoms with Crippen molar-refractivity contribution in [3.63, 3.8) is 0 Å². The molecule has 8 aromatic rings. The van der Waals surface area contributed by atoms with Gasteiger partial charge in [0.25, 0.3) is 0 Å². The zero-order valence-corrected chi connectivity index (χ0v) is 22.3. The van der Waals surface area contributed by atoms with Crippen LogP contribution in [0.2, 0.25) is 0 Å². The molecule has 0 atom stereocenters. The summed E-state index contributed by atoms with van der Waals surface area (Å²) in [6.45, 7) is 0. The van der Waals surface area contributed by atoms with Crippen LogP contribution >= 0.6 is 0 Å². The van der Waals surface area contributed by atoms with Crippen LogP contribution in [0.1, 0.15) is 0 Å². The summed E-state index contributed by atoms with van der Waals surface area (Å²) >= 11 is 0. The van der Waals surface area contributed by atoms with Crippen LogP contribution in [0, 0.1) is 0 Å². The Bertz CT molecular complexity index is 2230. The van der Waals surface area contributed by atoms with E-state index in [9.17, 15) is 9.59 Å². The van der Waals surface area contributed by atoms with Crippen molar-refractivity contribution in [1.82, 2.24) is 0 Å². The molecular formula is C38H22O4. The van der Waals surface area contributed by atoms with Crippen molar-refractivity contribution in [1.29, 1.82) is 0 Å². The minimum atomic E-state index is -1.08. The van der Waals surface area contributed by atoms with Gasteiger partial charge in [-0.25, -0.2) is 9.59 Å². The second kappa shape index (κ2) is 9.43. The fraction of sp³-hybridized carbons (Fsp3) is 0. The predicted octanol–water partition coefficient (Wildman–Crippen LogP) is 9.12. The van der Waals surface area contributed by atoms with Gasteiger partial charge in [0.2, 0.25) is 0 Å². The lowest BCUT2D eigenvalue weighted by atomic mass is 9.98. The van der Waals surface area contributed by atoms with Crippen LogP contribution in [0.4, 0.5) is 0 Å². The second-order valence-corrected chi connectivity index (χ2v) is 10.5. The lowest BCUT2D eigenvalue weighted by Crippen LogP contribution is -2.25. The molecule has 0 unspecified atom stereocenters. The summed E-state index contributed by atoms with van der Waals surface area (Å²) in [5.41, 5.74) is 0. The van der Waals surface area contributed by atoms with Crippen LogP contribution < -0.4 is 9.47 Å². The zero-order valence-electron chi connectivity index (χ0n) is 22.3. The van der Waals surface area contributed by atoms with Gasteiger partial charge < -0.3 is 9.47 Å². The van der Waals surface area contributed by atoms with E-state index in [1.807, 2.05) is 60.7 Å². The van der Waals surface area contributed by atoms with Crippen LogP contribution in [0.5, 0.6) is 11.5 Å². The maximum Gasteiger partial charge on any atom is 0.423 e. The van der Waals surface area contributed by atoms with Gasteiger partial charge in [0.05, 0.1) is 0 Å². The zero-order chi connectivity index (χ0) is 28.2. The molecule has 8 rings (SSSR count). The SMILES string of the molecule is O=C(Oc1cccc2ccc3cc4ccccc4cc3c12)C(=O)Oc1cccc2ccc3cc4ccccc4cc3c12. The smallest absolute Gasteiger partial charge is 0.417 e. The summed E-state index contributed by atoms with van der Waals surface area (Å²) in [5.74, 6) is -1.54. The van der Waals surface area contributed by atoms with Gasteiger partial charge in [0.15, 0.2) is 0 Å². The molecule has 0 N–H and O–H groups in total. The summed E-state index contributed by atoms with van der Waals surface area (Å²) < 4.78 is 11.5. The van der Waals surface area contributed by atoms with Gasteiger partial charge in [-0.05, 0) is 90.3 Å². The van der Waals surface area contributed by atoms with E-state index in [-0.39, 0.29) is 0 Å². The van der Waals surface area contributed by atoms with E-state index in [2.05, 4.69) is 60.7 Å². The van der Waals surface area contributed by atoms with Crippen molar-refractivity contribution in [2.45, 2.75) is 0 Å². The number of hydrogen-bond donors (Lipinski definition) is 0. The van der Waals surface area contributed by atoms with Crippen molar-refractivity contribution in [3.05, 3.63) is 133 Å². The van der Waals surface area contributed by atoms with Crippen molar-refractivity contribution in [3.8, 4) is 11.5 Å². The number of rotatable bonds is 2. The maximum atomic E-state index is 13.2. The highest BCUT2D eigenvalue weighted by atomic mass is 16.6. The Hall–Kier alpha value is -5.74. The minimum Gasteiger partial charge on any atom is -0.417 e. The van der Waals surface area contributed by atoms with E-state index in [0.717, 1.165) is 64.6 Å². The minimum absolute atomic E-state index is 0.310. The van der Waals surface area contributed by atoms with Gasteiger partial charge in [-0.1, -0.05) is 97.1 Å². The first kappa shape index (κ1) is 24.1. The van der Waals surface area contributed by atoms with E-state index < -0.39 is 11.9 Å². The lowest BCUT2D eigenvalue weighted by Gasteiger charge is -2.13. The highest BCUT2D eigenvalue weighted by molar-refractivity contribution is 6.32. The Morgan fingerprint density at radius 1 is 0.357 bits per heavy atom. The Balaban J connectivity index is 1.18. The lowest BCUT2D eigenvalue weighted by molar-refractivity contribution is -0.156. The van der Waals surface area contributed by atoms with Gasteiger partial charge in [-0.15, -0.1) is 0 Å². The van der Waals surface area contributed by atoms with Gasteiger partial charge in [-0.2, -0.15) is 0 Å². The molecule has 0 aliphatic rings. The molecule has 0 spiro atoms. The molecule has 4 nitrogen and oxygen atoms in total. The average Bonchev–Trinajstić information content (AvgIpc) is 3.02. The van der Waals surface area contributed by atoms with Crippen LogP contribution in [0.15, 0.2) is 133 Å². The molecule has 0 radical (unpaired) electrons. The van der Waals surface area contributed by atoms with E-state index in [1.165, 1.54) is 0 Å². The molecule has 0 aliphatic carbocycles. The van der Waals surface area contributed by atoms with E-state index >= 15 is 0 Å². The number of hydrogen-bond acceptors (Lipinski definition) is 4. The summed E-state index contributed by atoms with van der Waals surface area (Å²) in [6, 6.07) is 43.7. The largest absolute Gasteiger partial charge is 0.423 e. The molecule has 0 amide bonds. The topological polar surface area (TPSA) is 52.6 Å². The van der Waals surface area contributed by atoms with Crippen LogP contribution in [0.3, 0.4) is 0 Å². The number of ether oxygens (including phenoxy) is 2. The normalized spacial score (nSPS) is 11.5. The van der Waals surface area contributed by atoms with Crippen molar-refractivity contribution < 1.29 is 19.1 Å². The summed E-state index contributed by atoms with van der Waals surface area (Å²) in [6.07, 6.45) is 0. The highest BCUT2D eigenvalue weighted by Crippen LogP contribution is 2.37. The quantitative estimate of drug-likeness (QED) is 0.0719. The third kappa shape index (κ3) is 3.93. The molecular weight excluding hydrogens is 520 g/mol. The summed E-state index contributed by atoms with van der Waals surface area (Å²) in [5, 5.41) is 11.7. The predicted molar refractivity (Wildman–Crippen MR) is 169 cm³/mol. The molecule has 0 heterocycles. The first-order chi connectivity index (χ1) is 20.6. The van der Waals surface area contributed by atoms with Crippen LogP contribution in [-0.4, -0.2) is 11.9 Å². The Labute approximate surface area is 240 Å². The van der Waals surface area contributed by atoms with Gasteiger partial charge in [0.1, 0.15) is 11.5 Å². The molecule has 4 heteroatoms. The van der Waals surface area contributed by atoms with Crippen molar-refractivity contribution >= 4 is 76.6 Å². The number of carbonyl (C=O) groups is 2. The molecule has 8 aromatic carbocycles. The molecule has 0 aliphatic heterocycles. The average molecular weight is 543 g/mol. The van der Waals surface area contributed by atoms with Crippen LogP contribution in [0.25, 0.3) is 64.6 Å². The Morgan fingerprint density at radius 2 is 0.714 bits per heavy atom. The number of benzene rings is 8. The van der Waals surface area contributed by atoms with Gasteiger partial charge >= 0.3 is 11.9 Å². The fourth-order valence-electron chi connectivity index (χ4n) is 5.99. The number of carbonyl (C=O) groups excluding carboxylic acids is 2. The molecule has 0 fully saturated rings. The van der Waals surface area contributed by atoms with Gasteiger partial charge in [-0.3, -0.25) is 0 Å². The number of esters is 2. The Kier molecular flexibility index (Phi) is 5.41. The maximum absolute atomic E-state index is 13.2. The Morgan fingerprint density at radius 3 is 1.14 bits per heavy atom. The molecule has 42 heavy (non-hydrogen) atoms. The third-order valence-corrected chi connectivity index (χ3v) is 7.95. The molecule has 0 aromatic heterocycles. The van der Waals surface area contributed by atoms with Crippen molar-refractivity contribution in [2.75, 3.05) is 0 Å². The third-order valence-electron chi connectivity index (χ3n) is 7.95. The molecule has 198 valence electrons. The molecule has 0 saturated heterocycles. The summed E-state index contributed by atoms with van der Waals surface area (Å²) in [7, 11) is 0. The standard InChI is InChI=1S/C38H22O4/c39-37(41-33-13-5-11-23-15-17-29-19-25-7-1-3-9-27(25)21-31(29)35(23)33)38(40)42-34-14-6-12-24-16-18-30-20-26-8-2-4-10-28(26)22-32(30)36(24)34/h1-22H. The highest BCUT2D eigenvalue weighted by Gasteiger charge is 2.22. The van der Waals surface area contributed by atoms with Crippen molar-refractivity contribution in [2.24, 2.45) is 0 Å². The van der Waals surface area contributed by atoms with Crippen LogP contribution in [-0.2, 0) is 9.59 Å². The van der Waals surface area contributed by atoms with E-state index in [1.54, 1.807) is 12.1 Å². The second-order valence-electron chi connectivity index (χ2n) is 10.5. The van der Waals surface area contributed by atoms with Gasteiger partial charge in [0, 0.05) is 10.8 Å². The fourth-order valence-corrected chi connectivity index (χ4v) is 5.99. The first-order valence-electron chi connectivity index (χ1n) is 13.7. The number of fused-ring (bicyclic) bond motifs is 8. The van der Waals surface area contributed by atoms with E-state index in [4.69, 9.17) is 9.47 Å². The van der Waals surface area contributed by atoms with E-state index in [0.29, 0.717) is 11.5 Å². The molecule has 0 bridgehead atoms. The summed E-state index contributed by atoms with van der Waals surface area (Å²) in [4.78, 5) is 26.4. The molecule has 0 saturated carbocycles. The first-order valence-corrected chi connectivity index (χ1v) is 13.7. The monoisotopic (exact) mass is 542 g/mol.